The highest BCUT2D eigenvalue weighted by Gasteiger charge is 2.54. The van der Waals surface area contributed by atoms with E-state index in [-0.39, 0.29) is 29.2 Å². The van der Waals surface area contributed by atoms with Gasteiger partial charge in [-0.05, 0) is 30.5 Å². The molecule has 0 aromatic heterocycles. The first-order valence-corrected chi connectivity index (χ1v) is 11.6. The van der Waals surface area contributed by atoms with E-state index < -0.39 is 73.5 Å². The van der Waals surface area contributed by atoms with Crippen molar-refractivity contribution in [3.63, 3.8) is 0 Å². The number of hydrogen-bond donors (Lipinski definition) is 5. The number of rotatable bonds is 6. The highest BCUT2D eigenvalue weighted by atomic mass is 16.8. The zero-order valence-corrected chi connectivity index (χ0v) is 19.7. The van der Waals surface area contributed by atoms with Crippen LogP contribution in [0.15, 0.2) is 36.1 Å². The van der Waals surface area contributed by atoms with Crippen LogP contribution < -0.4 is 0 Å². The van der Waals surface area contributed by atoms with Crippen molar-refractivity contribution in [3.05, 3.63) is 41.7 Å². The molecular formula is C24H30O12. The van der Waals surface area contributed by atoms with Gasteiger partial charge < -0.3 is 49.2 Å². The highest BCUT2D eigenvalue weighted by Crippen LogP contribution is 2.47. The molecule has 10 atom stereocenters. The first-order valence-electron chi connectivity index (χ1n) is 11.6. The minimum atomic E-state index is -1.70. The van der Waals surface area contributed by atoms with Gasteiger partial charge in [-0.3, -0.25) is 0 Å². The van der Waals surface area contributed by atoms with Crippen molar-refractivity contribution in [2.75, 3.05) is 13.7 Å². The third kappa shape index (κ3) is 4.92. The molecule has 1 aromatic rings. The SMILES string of the molecule is COC(=O)C1=COC(OC2OC(CO)C(OC(=O)c3cccc(O)c3)C(O)C2O)C2C1CC(O)C2C. The molecule has 0 spiro atoms. The lowest BCUT2D eigenvalue weighted by atomic mass is 9.83. The van der Waals surface area contributed by atoms with Gasteiger partial charge in [0.05, 0.1) is 37.2 Å². The molecular weight excluding hydrogens is 480 g/mol. The molecule has 12 nitrogen and oxygen atoms in total. The monoisotopic (exact) mass is 510 g/mol. The van der Waals surface area contributed by atoms with E-state index in [1.807, 2.05) is 0 Å². The summed E-state index contributed by atoms with van der Waals surface area (Å²) >= 11 is 0. The second-order valence-electron chi connectivity index (χ2n) is 9.18. The van der Waals surface area contributed by atoms with Gasteiger partial charge in [-0.25, -0.2) is 9.59 Å². The lowest BCUT2D eigenvalue weighted by molar-refractivity contribution is -0.342. The Morgan fingerprint density at radius 3 is 2.53 bits per heavy atom. The number of methoxy groups -OCH3 is 1. The van der Waals surface area contributed by atoms with E-state index in [2.05, 4.69) is 0 Å². The molecule has 2 aliphatic heterocycles. The number of ether oxygens (including phenoxy) is 5. The number of fused-ring (bicyclic) bond motifs is 1. The lowest BCUT2D eigenvalue weighted by Crippen LogP contribution is -2.61. The molecule has 10 unspecified atom stereocenters. The Bertz CT molecular complexity index is 993. The molecule has 36 heavy (non-hydrogen) atoms. The number of aliphatic hydroxyl groups excluding tert-OH is 4. The summed E-state index contributed by atoms with van der Waals surface area (Å²) in [5.74, 6) is -2.94. The molecule has 0 amide bonds. The van der Waals surface area contributed by atoms with Crippen LogP contribution in [0.2, 0.25) is 0 Å². The van der Waals surface area contributed by atoms with Crippen molar-refractivity contribution < 1.29 is 58.8 Å². The van der Waals surface area contributed by atoms with Gasteiger partial charge in [0.2, 0.25) is 6.29 Å². The molecule has 0 radical (unpaired) electrons. The van der Waals surface area contributed by atoms with E-state index in [1.165, 1.54) is 37.6 Å². The summed E-state index contributed by atoms with van der Waals surface area (Å²) in [6.45, 7) is 1.09. The van der Waals surface area contributed by atoms with Crippen molar-refractivity contribution in [1.29, 1.82) is 0 Å². The molecule has 12 heteroatoms. The first-order chi connectivity index (χ1) is 17.2. The van der Waals surface area contributed by atoms with E-state index in [0.717, 1.165) is 0 Å². The fraction of sp³-hybridized carbons (Fsp3) is 0.583. The molecule has 2 fully saturated rings. The maximum atomic E-state index is 12.5. The molecule has 1 aliphatic carbocycles. The van der Waals surface area contributed by atoms with Gasteiger partial charge in [0.25, 0.3) is 0 Å². The third-order valence-corrected chi connectivity index (χ3v) is 7.05. The molecule has 2 heterocycles. The average molecular weight is 510 g/mol. The Morgan fingerprint density at radius 1 is 1.11 bits per heavy atom. The smallest absolute Gasteiger partial charge is 0.338 e. The van der Waals surface area contributed by atoms with Gasteiger partial charge in [0.1, 0.15) is 24.1 Å². The summed E-state index contributed by atoms with van der Waals surface area (Å²) < 4.78 is 27.2. The summed E-state index contributed by atoms with van der Waals surface area (Å²) in [5, 5.41) is 51.3. The normalized spacial score (nSPS) is 37.9. The van der Waals surface area contributed by atoms with E-state index in [1.54, 1.807) is 6.92 Å². The van der Waals surface area contributed by atoms with Gasteiger partial charge in [-0.1, -0.05) is 13.0 Å². The Balaban J connectivity index is 1.49. The minimum absolute atomic E-state index is 0.00428. The topological polar surface area (TPSA) is 181 Å². The van der Waals surface area contributed by atoms with E-state index >= 15 is 0 Å². The number of esters is 2. The van der Waals surface area contributed by atoms with Gasteiger partial charge in [-0.2, -0.15) is 0 Å². The highest BCUT2D eigenvalue weighted by molar-refractivity contribution is 5.90. The Morgan fingerprint density at radius 2 is 1.86 bits per heavy atom. The third-order valence-electron chi connectivity index (χ3n) is 7.05. The van der Waals surface area contributed by atoms with Gasteiger partial charge in [0, 0.05) is 11.8 Å². The number of benzene rings is 1. The standard InChI is InChI=1S/C24H30O12/c1-10-15(27)7-13-14(22(31)32-2)9-33-23(17(10)13)36-24-19(29)18(28)20(16(8-25)34-24)35-21(30)11-4-3-5-12(26)6-11/h3-6,9-10,13,15-20,23-29H,7-8H2,1-2H3. The van der Waals surface area contributed by atoms with Crippen molar-refractivity contribution in [1.82, 2.24) is 0 Å². The van der Waals surface area contributed by atoms with Crippen molar-refractivity contribution in [3.8, 4) is 5.75 Å². The fourth-order valence-electron chi connectivity index (χ4n) is 5.05. The molecule has 198 valence electrons. The number of aromatic hydroxyl groups is 1. The van der Waals surface area contributed by atoms with E-state index in [4.69, 9.17) is 23.7 Å². The molecule has 5 N–H and O–H groups in total. The summed E-state index contributed by atoms with van der Waals surface area (Å²) in [5.41, 5.74) is 0.249. The second-order valence-corrected chi connectivity index (χ2v) is 9.18. The van der Waals surface area contributed by atoms with E-state index in [0.29, 0.717) is 0 Å². The van der Waals surface area contributed by atoms with Gasteiger partial charge in [-0.15, -0.1) is 0 Å². The minimum Gasteiger partial charge on any atom is -0.508 e. The fourth-order valence-corrected chi connectivity index (χ4v) is 5.05. The average Bonchev–Trinajstić information content (AvgIpc) is 3.17. The zero-order chi connectivity index (χ0) is 26.1. The maximum absolute atomic E-state index is 12.5. The van der Waals surface area contributed by atoms with Gasteiger partial charge >= 0.3 is 11.9 Å². The second kappa shape index (κ2) is 10.7. The Hall–Kier alpha value is -2.74. The van der Waals surface area contributed by atoms with E-state index in [9.17, 15) is 35.1 Å². The van der Waals surface area contributed by atoms with Crippen molar-refractivity contribution in [2.24, 2.45) is 17.8 Å². The van der Waals surface area contributed by atoms with Crippen molar-refractivity contribution >= 4 is 11.9 Å². The van der Waals surface area contributed by atoms with Crippen LogP contribution in [0, 0.1) is 17.8 Å². The van der Waals surface area contributed by atoms with Crippen LogP contribution >= 0.6 is 0 Å². The quantitative estimate of drug-likeness (QED) is 0.308. The molecule has 1 saturated carbocycles. The number of carbonyl (C=O) groups is 2. The van der Waals surface area contributed by atoms with Crippen LogP contribution in [-0.4, -0.2) is 94.3 Å². The molecule has 4 rings (SSSR count). The molecule has 1 aromatic carbocycles. The number of phenolic OH excluding ortho intramolecular Hbond substituents is 1. The van der Waals surface area contributed by atoms with Crippen molar-refractivity contribution in [2.45, 2.75) is 56.4 Å². The summed E-state index contributed by atoms with van der Waals surface area (Å²) in [6.07, 6.45) is -7.94. The van der Waals surface area contributed by atoms with Crippen LogP contribution in [0.25, 0.3) is 0 Å². The Kier molecular flexibility index (Phi) is 7.83. The molecule has 0 bridgehead atoms. The van der Waals surface area contributed by atoms with Crippen LogP contribution in [0.3, 0.4) is 0 Å². The predicted octanol–water partition coefficient (Wildman–Crippen LogP) is -0.581. The van der Waals surface area contributed by atoms with Crippen LogP contribution in [0.5, 0.6) is 5.75 Å². The first kappa shape index (κ1) is 26.3. The lowest BCUT2D eigenvalue weighted by Gasteiger charge is -2.44. The van der Waals surface area contributed by atoms with Crippen LogP contribution in [0.1, 0.15) is 23.7 Å². The van der Waals surface area contributed by atoms with Crippen LogP contribution in [0.4, 0.5) is 0 Å². The van der Waals surface area contributed by atoms with Crippen LogP contribution in [-0.2, 0) is 28.5 Å². The summed E-state index contributed by atoms with van der Waals surface area (Å²) in [7, 11) is 1.24. The summed E-state index contributed by atoms with van der Waals surface area (Å²) in [4.78, 5) is 24.7. The number of aliphatic hydroxyl groups is 4. The number of carbonyl (C=O) groups excluding carboxylic acids is 2. The largest absolute Gasteiger partial charge is 0.508 e. The zero-order valence-electron chi connectivity index (χ0n) is 19.7. The Labute approximate surface area is 206 Å². The summed E-state index contributed by atoms with van der Waals surface area (Å²) in [6, 6.07) is 5.35. The molecule has 3 aliphatic rings. The predicted molar refractivity (Wildman–Crippen MR) is 118 cm³/mol. The number of phenols is 1. The molecule has 1 saturated heterocycles. The maximum Gasteiger partial charge on any atom is 0.338 e. The van der Waals surface area contributed by atoms with Gasteiger partial charge in [0.15, 0.2) is 12.4 Å². The number of hydrogen-bond acceptors (Lipinski definition) is 12.